The molecule has 0 spiro atoms. The van der Waals surface area contributed by atoms with E-state index in [1.54, 1.807) is 18.1 Å². The van der Waals surface area contributed by atoms with Crippen LogP contribution in [0.4, 0.5) is 0 Å². The summed E-state index contributed by atoms with van der Waals surface area (Å²) < 4.78 is 2.64. The van der Waals surface area contributed by atoms with Gasteiger partial charge in [0.25, 0.3) is 5.91 Å². The molecule has 2 aliphatic heterocycles. The van der Waals surface area contributed by atoms with Crippen LogP contribution >= 0.6 is 22.9 Å². The molecule has 5 heterocycles. The number of carbonyl (C=O) groups excluding carboxylic acids is 1. The van der Waals surface area contributed by atoms with Crippen molar-refractivity contribution < 1.29 is 4.79 Å². The lowest BCUT2D eigenvalue weighted by Gasteiger charge is -2.26. The molecule has 5 rings (SSSR count). The van der Waals surface area contributed by atoms with Gasteiger partial charge < -0.3 is 4.90 Å². The maximum atomic E-state index is 13.5. The van der Waals surface area contributed by atoms with Gasteiger partial charge in [-0.3, -0.25) is 14.5 Å². The second-order valence-corrected chi connectivity index (χ2v) is 10.8. The second-order valence-electron chi connectivity index (χ2n) is 9.03. The fourth-order valence-corrected chi connectivity index (χ4v) is 5.53. The molecule has 1 saturated heterocycles. The first-order chi connectivity index (χ1) is 18.5. The summed E-state index contributed by atoms with van der Waals surface area (Å²) in [5, 5.41) is 11.1. The van der Waals surface area contributed by atoms with Crippen molar-refractivity contribution in [3.05, 3.63) is 88.1 Å². The Morgan fingerprint density at radius 1 is 1.18 bits per heavy atom. The van der Waals surface area contributed by atoms with Crippen LogP contribution in [0, 0.1) is 5.92 Å². The average molecular weight is 549 g/mol. The minimum atomic E-state index is -0.0528. The van der Waals surface area contributed by atoms with E-state index in [9.17, 15) is 4.79 Å². The predicted molar refractivity (Wildman–Crippen MR) is 157 cm³/mol. The molecule has 0 aliphatic carbocycles. The normalized spacial score (nSPS) is 20.1. The van der Waals surface area contributed by atoms with Crippen LogP contribution in [0.15, 0.2) is 84.0 Å². The average Bonchev–Trinajstić information content (AvgIpc) is 3.67. The van der Waals surface area contributed by atoms with Crippen LogP contribution in [0.1, 0.15) is 39.0 Å². The largest absolute Gasteiger partial charge is 0.332 e. The summed E-state index contributed by atoms with van der Waals surface area (Å²) in [6.07, 6.45) is 14.3. The number of rotatable bonds is 6. The highest BCUT2D eigenvalue weighted by molar-refractivity contribution is 7.17. The number of nitrogens with zero attached hydrogens (tertiary/aromatic N) is 6. The molecule has 38 heavy (non-hydrogen) atoms. The number of carbonyl (C=O) groups is 1. The van der Waals surface area contributed by atoms with Crippen LogP contribution in [0.3, 0.4) is 0 Å². The topological polar surface area (TPSA) is 66.6 Å². The van der Waals surface area contributed by atoms with E-state index in [0.717, 1.165) is 32.7 Å². The standard InChI is InChI=1S/C27H27ClN6OS.C2H6/c1-19-15-22(18-32-14-11-25(31-32)24-8-3-5-12-29-24)33(17-19)27(35)20(2)30-34-13-6-4-7-21(34)16-23-9-10-26(28)36-23;1-2/h3-14,16,19,22H,15,17-18H2,1-2H3;1-2H3/b21-16+,30-20+;/t19-,22+;/m1./s1. The molecule has 0 N–H and O–H groups in total. The zero-order valence-corrected chi connectivity index (χ0v) is 23.7. The van der Waals surface area contributed by atoms with Crippen molar-refractivity contribution in [3.63, 3.8) is 0 Å². The van der Waals surface area contributed by atoms with E-state index in [1.165, 1.54) is 11.3 Å². The SMILES string of the molecule is C/C(=N\N1C=CC=C/C1=C\c1ccc(Cl)s1)C(=O)N1C[C@H](C)C[C@H]1Cn1ccc(-c2ccccn2)n1.CC. The number of likely N-dealkylation sites (tertiary alicyclic amines) is 1. The lowest BCUT2D eigenvalue weighted by molar-refractivity contribution is -0.125. The van der Waals surface area contributed by atoms with E-state index < -0.39 is 0 Å². The van der Waals surface area contributed by atoms with Gasteiger partial charge >= 0.3 is 0 Å². The highest BCUT2D eigenvalue weighted by Gasteiger charge is 2.34. The molecule has 0 aromatic carbocycles. The fraction of sp³-hybridized carbons (Fsp3) is 0.310. The Balaban J connectivity index is 0.00000164. The van der Waals surface area contributed by atoms with Gasteiger partial charge in [0.05, 0.1) is 28.3 Å². The van der Waals surface area contributed by atoms with Crippen LogP contribution in [0.5, 0.6) is 0 Å². The summed E-state index contributed by atoms with van der Waals surface area (Å²) in [5.74, 6) is 0.359. The van der Waals surface area contributed by atoms with Gasteiger partial charge in [-0.15, -0.1) is 11.3 Å². The van der Waals surface area contributed by atoms with E-state index in [0.29, 0.717) is 24.7 Å². The number of aromatic nitrogens is 3. The first-order valence-corrected chi connectivity index (χ1v) is 14.1. The Bertz CT molecular complexity index is 1360. The number of allylic oxidation sites excluding steroid dienone is 3. The van der Waals surface area contributed by atoms with E-state index in [2.05, 4.69) is 17.0 Å². The molecule has 7 nitrogen and oxygen atoms in total. The molecule has 1 amide bonds. The van der Waals surface area contributed by atoms with Gasteiger partial charge in [-0.05, 0) is 67.8 Å². The third kappa shape index (κ3) is 6.68. The quantitative estimate of drug-likeness (QED) is 0.320. The van der Waals surface area contributed by atoms with Crippen LogP contribution in [-0.2, 0) is 11.3 Å². The van der Waals surface area contributed by atoms with Crippen molar-refractivity contribution in [2.24, 2.45) is 11.0 Å². The molecular weight excluding hydrogens is 516 g/mol. The van der Waals surface area contributed by atoms with Crippen LogP contribution in [-0.4, -0.2) is 48.9 Å². The van der Waals surface area contributed by atoms with Crippen LogP contribution in [0.25, 0.3) is 17.5 Å². The van der Waals surface area contributed by atoms with Gasteiger partial charge in [-0.2, -0.15) is 10.2 Å². The van der Waals surface area contributed by atoms with Crippen molar-refractivity contribution in [2.75, 3.05) is 6.54 Å². The van der Waals surface area contributed by atoms with E-state index in [-0.39, 0.29) is 11.9 Å². The zero-order valence-electron chi connectivity index (χ0n) is 22.2. The Labute approximate surface area is 233 Å². The molecule has 3 aromatic rings. The molecule has 0 saturated carbocycles. The summed E-state index contributed by atoms with van der Waals surface area (Å²) >= 11 is 7.58. The number of amides is 1. The van der Waals surface area contributed by atoms with Gasteiger partial charge in [-0.1, -0.05) is 44.5 Å². The summed E-state index contributed by atoms with van der Waals surface area (Å²) in [6, 6.07) is 11.6. The molecular formula is C29H33ClN6OS. The molecule has 0 radical (unpaired) electrons. The molecule has 198 valence electrons. The Morgan fingerprint density at radius 2 is 2.03 bits per heavy atom. The maximum absolute atomic E-state index is 13.5. The fourth-order valence-electron chi connectivity index (χ4n) is 4.52. The van der Waals surface area contributed by atoms with Gasteiger partial charge in [0.1, 0.15) is 11.4 Å². The molecule has 2 aliphatic rings. The van der Waals surface area contributed by atoms with Gasteiger partial charge in [0.15, 0.2) is 0 Å². The number of hydrazone groups is 1. The second kappa shape index (κ2) is 12.8. The Hall–Kier alpha value is -3.49. The summed E-state index contributed by atoms with van der Waals surface area (Å²) in [6.45, 7) is 9.30. The minimum absolute atomic E-state index is 0.0502. The first kappa shape index (κ1) is 27.5. The molecule has 0 bridgehead atoms. The number of hydrogen-bond acceptors (Lipinski definition) is 6. The number of thiophene rings is 1. The monoisotopic (exact) mass is 548 g/mol. The summed E-state index contributed by atoms with van der Waals surface area (Å²) in [5.41, 5.74) is 2.98. The van der Waals surface area contributed by atoms with E-state index in [4.69, 9.17) is 16.7 Å². The Morgan fingerprint density at radius 3 is 2.76 bits per heavy atom. The van der Waals surface area contributed by atoms with Crippen molar-refractivity contribution in [1.82, 2.24) is 24.7 Å². The molecule has 2 atom stereocenters. The molecule has 3 aromatic heterocycles. The lowest BCUT2D eigenvalue weighted by atomic mass is 10.1. The summed E-state index contributed by atoms with van der Waals surface area (Å²) in [4.78, 5) is 20.9. The summed E-state index contributed by atoms with van der Waals surface area (Å²) in [7, 11) is 0. The highest BCUT2D eigenvalue weighted by Crippen LogP contribution is 2.27. The third-order valence-corrected chi connectivity index (χ3v) is 7.35. The van der Waals surface area contributed by atoms with Crippen LogP contribution < -0.4 is 0 Å². The van der Waals surface area contributed by atoms with Crippen molar-refractivity contribution in [1.29, 1.82) is 0 Å². The lowest BCUT2D eigenvalue weighted by Crippen LogP contribution is -2.42. The molecule has 9 heteroatoms. The predicted octanol–water partition coefficient (Wildman–Crippen LogP) is 6.73. The smallest absolute Gasteiger partial charge is 0.270 e. The minimum Gasteiger partial charge on any atom is -0.332 e. The highest BCUT2D eigenvalue weighted by atomic mass is 35.5. The third-order valence-electron chi connectivity index (χ3n) is 6.17. The molecule has 1 fully saturated rings. The van der Waals surface area contributed by atoms with Gasteiger partial charge in [0.2, 0.25) is 0 Å². The van der Waals surface area contributed by atoms with Crippen molar-refractivity contribution in [2.45, 2.75) is 46.7 Å². The van der Waals surface area contributed by atoms with E-state index >= 15 is 0 Å². The van der Waals surface area contributed by atoms with Crippen molar-refractivity contribution in [3.8, 4) is 11.4 Å². The van der Waals surface area contributed by atoms with Crippen LogP contribution in [0.2, 0.25) is 4.34 Å². The molecule has 0 unspecified atom stereocenters. The first-order valence-electron chi connectivity index (χ1n) is 12.9. The van der Waals surface area contributed by atoms with Crippen molar-refractivity contribution >= 4 is 40.6 Å². The zero-order chi connectivity index (χ0) is 27.1. The number of pyridine rings is 1. The number of hydrogen-bond donors (Lipinski definition) is 0. The van der Waals surface area contributed by atoms with Gasteiger partial charge in [-0.25, -0.2) is 5.01 Å². The number of halogens is 1. The van der Waals surface area contributed by atoms with Gasteiger partial charge in [0, 0.05) is 30.0 Å². The Kier molecular flexibility index (Phi) is 9.31. The van der Waals surface area contributed by atoms with E-state index in [1.807, 2.05) is 96.5 Å². The maximum Gasteiger partial charge on any atom is 0.270 e.